The smallest absolute Gasteiger partial charge is 0.426 e. The molecule has 0 saturated heterocycles. The maximum atomic E-state index is 12.9. The third-order valence-corrected chi connectivity index (χ3v) is 4.55. The van der Waals surface area contributed by atoms with Crippen LogP contribution in [0.5, 0.6) is 0 Å². The van der Waals surface area contributed by atoms with Crippen LogP contribution in [0.15, 0.2) is 60.7 Å². The molecule has 4 N–H and O–H groups in total. The molecule has 0 aliphatic carbocycles. The molecule has 2 atom stereocenters. The van der Waals surface area contributed by atoms with E-state index in [2.05, 4.69) is 10.6 Å². The van der Waals surface area contributed by atoms with Crippen LogP contribution in [0.4, 0.5) is 0 Å². The van der Waals surface area contributed by atoms with Crippen LogP contribution in [0.3, 0.4) is 0 Å². The van der Waals surface area contributed by atoms with Crippen molar-refractivity contribution in [2.24, 2.45) is 5.92 Å². The first-order valence-electron chi connectivity index (χ1n) is 9.89. The van der Waals surface area contributed by atoms with Gasteiger partial charge < -0.3 is 20.7 Å². The lowest BCUT2D eigenvalue weighted by atomic mass is 9.75. The zero-order valence-electron chi connectivity index (χ0n) is 16.9. The van der Waals surface area contributed by atoms with Crippen LogP contribution >= 0.6 is 0 Å². The monoisotopic (exact) mass is 396 g/mol. The Bertz CT molecular complexity index is 769. The van der Waals surface area contributed by atoms with Crippen molar-refractivity contribution >= 4 is 18.9 Å². The molecule has 0 spiro atoms. The van der Waals surface area contributed by atoms with Gasteiger partial charge in [0.25, 0.3) is 0 Å². The Balaban J connectivity index is 2.10. The van der Waals surface area contributed by atoms with E-state index >= 15 is 0 Å². The van der Waals surface area contributed by atoms with Crippen LogP contribution < -0.4 is 10.6 Å². The Morgan fingerprint density at radius 1 is 0.897 bits per heavy atom. The molecule has 0 saturated carbocycles. The average Bonchev–Trinajstić information content (AvgIpc) is 2.68. The van der Waals surface area contributed by atoms with Crippen molar-refractivity contribution < 1.29 is 19.6 Å². The molecule has 0 fully saturated rings. The summed E-state index contributed by atoms with van der Waals surface area (Å²) in [5, 5.41) is 24.7. The van der Waals surface area contributed by atoms with Crippen molar-refractivity contribution in [1.29, 1.82) is 0 Å². The third-order valence-electron chi connectivity index (χ3n) is 4.55. The fourth-order valence-electron chi connectivity index (χ4n) is 3.13. The molecule has 2 amide bonds. The van der Waals surface area contributed by atoms with Crippen molar-refractivity contribution in [3.05, 3.63) is 71.8 Å². The van der Waals surface area contributed by atoms with Crippen molar-refractivity contribution in [2.75, 3.05) is 0 Å². The molecule has 6 nitrogen and oxygen atoms in total. The summed E-state index contributed by atoms with van der Waals surface area (Å²) < 4.78 is 0. The minimum atomic E-state index is -1.67. The minimum absolute atomic E-state index is 0.164. The number of hydrogen-bond acceptors (Lipinski definition) is 4. The third kappa shape index (κ3) is 8.09. The number of nitrogens with one attached hydrogen (secondary N) is 2. The molecule has 2 aromatic carbocycles. The summed E-state index contributed by atoms with van der Waals surface area (Å²) in [4.78, 5) is 25.4. The highest BCUT2D eigenvalue weighted by Crippen LogP contribution is 2.09. The van der Waals surface area contributed by atoms with Crippen LogP contribution in [-0.4, -0.2) is 41.0 Å². The first kappa shape index (κ1) is 22.7. The molecule has 0 heterocycles. The van der Waals surface area contributed by atoms with E-state index in [-0.39, 0.29) is 18.2 Å². The van der Waals surface area contributed by atoms with Gasteiger partial charge >= 0.3 is 7.12 Å². The minimum Gasteiger partial charge on any atom is -0.426 e. The number of amides is 2. The zero-order valence-corrected chi connectivity index (χ0v) is 16.9. The Kier molecular flexibility index (Phi) is 8.89. The molecule has 0 bridgehead atoms. The second-order valence-corrected chi connectivity index (χ2v) is 7.63. The summed E-state index contributed by atoms with van der Waals surface area (Å²) in [5.41, 5.74) is 1.75. The summed E-state index contributed by atoms with van der Waals surface area (Å²) in [5.74, 6) is -1.33. The molecule has 0 aliphatic heterocycles. The molecule has 0 radical (unpaired) electrons. The van der Waals surface area contributed by atoms with E-state index in [1.54, 1.807) is 0 Å². The van der Waals surface area contributed by atoms with E-state index in [1.165, 1.54) is 0 Å². The lowest BCUT2D eigenvalue weighted by Gasteiger charge is -2.24. The van der Waals surface area contributed by atoms with Crippen LogP contribution in [0, 0.1) is 5.92 Å². The van der Waals surface area contributed by atoms with Gasteiger partial charge in [-0.2, -0.15) is 0 Å². The Morgan fingerprint density at radius 3 is 1.97 bits per heavy atom. The Labute approximate surface area is 172 Å². The average molecular weight is 396 g/mol. The lowest BCUT2D eigenvalue weighted by Crippen LogP contribution is -2.55. The quantitative estimate of drug-likeness (QED) is 0.458. The van der Waals surface area contributed by atoms with Crippen molar-refractivity contribution in [3.63, 3.8) is 0 Å². The van der Waals surface area contributed by atoms with Crippen LogP contribution in [-0.2, 0) is 22.4 Å². The van der Waals surface area contributed by atoms with Gasteiger partial charge in [-0.15, -0.1) is 0 Å². The second kappa shape index (κ2) is 11.4. The summed E-state index contributed by atoms with van der Waals surface area (Å²) >= 11 is 0. The molecule has 29 heavy (non-hydrogen) atoms. The number of benzene rings is 2. The van der Waals surface area contributed by atoms with Crippen molar-refractivity contribution in [2.45, 2.75) is 45.1 Å². The zero-order chi connectivity index (χ0) is 21.2. The fraction of sp³-hybridized carbons (Fsp3) is 0.364. The molecule has 2 aromatic rings. The molecule has 0 aliphatic rings. The highest BCUT2D eigenvalue weighted by molar-refractivity contribution is 6.43. The van der Waals surface area contributed by atoms with Gasteiger partial charge in [0.2, 0.25) is 11.8 Å². The van der Waals surface area contributed by atoms with E-state index in [9.17, 15) is 19.6 Å². The largest absolute Gasteiger partial charge is 0.475 e. The van der Waals surface area contributed by atoms with Gasteiger partial charge in [-0.25, -0.2) is 0 Å². The predicted octanol–water partition coefficient (Wildman–Crippen LogP) is 1.50. The van der Waals surface area contributed by atoms with E-state index in [1.807, 2.05) is 74.5 Å². The first-order chi connectivity index (χ1) is 13.8. The van der Waals surface area contributed by atoms with Gasteiger partial charge in [0.05, 0.1) is 12.4 Å². The fourth-order valence-corrected chi connectivity index (χ4v) is 3.13. The standard InChI is InChI=1S/C22H29BN2O4/c1-16(2)13-20(23(28)29)25-22(27)19(14-17-9-5-3-6-10-17)24-21(26)15-18-11-7-4-8-12-18/h3-12,16,19-20,28-29H,13-15H2,1-2H3,(H,24,26)(H,25,27)/t19-,20-/m0/s1. The molecule has 154 valence electrons. The van der Waals surface area contributed by atoms with Crippen molar-refractivity contribution in [3.8, 4) is 0 Å². The highest BCUT2D eigenvalue weighted by atomic mass is 16.4. The number of carbonyl (C=O) groups excluding carboxylic acids is 2. The summed E-state index contributed by atoms with van der Waals surface area (Å²) in [7, 11) is -1.67. The highest BCUT2D eigenvalue weighted by Gasteiger charge is 2.30. The van der Waals surface area contributed by atoms with Gasteiger partial charge in [-0.3, -0.25) is 9.59 Å². The summed E-state index contributed by atoms with van der Waals surface area (Å²) in [6, 6.07) is 17.9. The van der Waals surface area contributed by atoms with Gasteiger partial charge in [0, 0.05) is 6.42 Å². The molecule has 0 aromatic heterocycles. The summed E-state index contributed by atoms with van der Waals surface area (Å²) in [6.07, 6.45) is 0.889. The summed E-state index contributed by atoms with van der Waals surface area (Å²) in [6.45, 7) is 3.87. The topological polar surface area (TPSA) is 98.7 Å². The molecule has 7 heteroatoms. The van der Waals surface area contributed by atoms with E-state index in [4.69, 9.17) is 0 Å². The number of rotatable bonds is 10. The molecule has 0 unspecified atom stereocenters. The number of carbonyl (C=O) groups is 2. The van der Waals surface area contributed by atoms with Gasteiger partial charge in [-0.05, 0) is 23.5 Å². The van der Waals surface area contributed by atoms with Crippen LogP contribution in [0.2, 0.25) is 0 Å². The van der Waals surface area contributed by atoms with E-state index in [0.29, 0.717) is 12.8 Å². The van der Waals surface area contributed by atoms with Gasteiger partial charge in [0.1, 0.15) is 6.04 Å². The Morgan fingerprint density at radius 2 is 1.45 bits per heavy atom. The SMILES string of the molecule is CC(C)C[C@H](NC(=O)[C@H](Cc1ccccc1)NC(=O)Cc1ccccc1)B(O)O. The maximum Gasteiger partial charge on any atom is 0.475 e. The maximum absolute atomic E-state index is 12.9. The second-order valence-electron chi connectivity index (χ2n) is 7.63. The number of hydrogen-bond donors (Lipinski definition) is 4. The van der Waals surface area contributed by atoms with Crippen molar-refractivity contribution in [1.82, 2.24) is 10.6 Å². The van der Waals surface area contributed by atoms with Crippen LogP contribution in [0.25, 0.3) is 0 Å². The van der Waals surface area contributed by atoms with E-state index < -0.39 is 25.0 Å². The lowest BCUT2D eigenvalue weighted by molar-refractivity contribution is -0.129. The molecular formula is C22H29BN2O4. The molecule has 2 rings (SSSR count). The molecular weight excluding hydrogens is 367 g/mol. The van der Waals surface area contributed by atoms with Gasteiger partial charge in [-0.1, -0.05) is 74.5 Å². The predicted molar refractivity (Wildman–Crippen MR) is 114 cm³/mol. The first-order valence-corrected chi connectivity index (χ1v) is 9.89. The van der Waals surface area contributed by atoms with Gasteiger partial charge in [0.15, 0.2) is 0 Å². The van der Waals surface area contributed by atoms with E-state index in [0.717, 1.165) is 11.1 Å². The normalized spacial score (nSPS) is 12.9. The Hall–Kier alpha value is -2.64. The van der Waals surface area contributed by atoms with Crippen LogP contribution in [0.1, 0.15) is 31.4 Å².